The molecule has 0 aliphatic carbocycles. The minimum atomic E-state index is -0.373. The molecule has 2 atom stereocenters. The Morgan fingerprint density at radius 1 is 1.16 bits per heavy atom. The van der Waals surface area contributed by atoms with E-state index in [0.29, 0.717) is 27.7 Å². The number of piperidine rings is 1. The van der Waals surface area contributed by atoms with Gasteiger partial charge in [0.25, 0.3) is 5.91 Å². The van der Waals surface area contributed by atoms with E-state index in [2.05, 4.69) is 13.8 Å². The minimum Gasteiger partial charge on any atom is -0.422 e. The van der Waals surface area contributed by atoms with Gasteiger partial charge < -0.3 is 9.32 Å². The second-order valence-electron chi connectivity index (χ2n) is 7.40. The van der Waals surface area contributed by atoms with E-state index in [9.17, 15) is 9.59 Å². The Kier molecular flexibility index (Phi) is 3.91. The first-order valence-electron chi connectivity index (χ1n) is 8.68. The van der Waals surface area contributed by atoms with Gasteiger partial charge in [-0.15, -0.1) is 11.3 Å². The summed E-state index contributed by atoms with van der Waals surface area (Å²) in [6.45, 7) is 7.95. The summed E-state index contributed by atoms with van der Waals surface area (Å²) in [6, 6.07) is 7.46. The molecule has 0 N–H and O–H groups in total. The molecule has 2 aromatic heterocycles. The van der Waals surface area contributed by atoms with Gasteiger partial charge in [0.15, 0.2) is 0 Å². The predicted molar refractivity (Wildman–Crippen MR) is 101 cm³/mol. The number of carbonyl (C=O) groups is 1. The summed E-state index contributed by atoms with van der Waals surface area (Å²) < 4.78 is 6.27. The minimum absolute atomic E-state index is 0.0276. The molecule has 1 aliphatic heterocycles. The molecule has 1 aromatic carbocycles. The van der Waals surface area contributed by atoms with E-state index in [0.717, 1.165) is 35.2 Å². The fourth-order valence-electron chi connectivity index (χ4n) is 3.90. The summed E-state index contributed by atoms with van der Waals surface area (Å²) in [5.41, 5.74) is 1.30. The Morgan fingerprint density at radius 2 is 1.88 bits per heavy atom. The van der Waals surface area contributed by atoms with Crippen LogP contribution in [0.1, 0.15) is 35.5 Å². The zero-order chi connectivity index (χ0) is 17.7. The number of benzene rings is 1. The van der Waals surface area contributed by atoms with E-state index < -0.39 is 0 Å². The van der Waals surface area contributed by atoms with Crippen molar-refractivity contribution >= 4 is 38.3 Å². The van der Waals surface area contributed by atoms with Crippen molar-refractivity contribution < 1.29 is 9.21 Å². The number of likely N-dealkylation sites (tertiary alicyclic amines) is 1. The molecule has 0 radical (unpaired) electrons. The van der Waals surface area contributed by atoms with Crippen LogP contribution in [-0.4, -0.2) is 23.9 Å². The Hall–Kier alpha value is -2.14. The van der Waals surface area contributed by atoms with Gasteiger partial charge in [-0.05, 0) is 43.4 Å². The molecule has 3 heterocycles. The fourth-order valence-corrected chi connectivity index (χ4v) is 5.03. The second kappa shape index (κ2) is 5.99. The lowest BCUT2D eigenvalue weighted by Crippen LogP contribution is -2.42. The first kappa shape index (κ1) is 16.3. The van der Waals surface area contributed by atoms with E-state index in [1.54, 1.807) is 6.07 Å². The van der Waals surface area contributed by atoms with Crippen molar-refractivity contribution in [1.82, 2.24) is 4.90 Å². The molecule has 0 unspecified atom stereocenters. The van der Waals surface area contributed by atoms with Crippen molar-refractivity contribution in [1.29, 1.82) is 0 Å². The van der Waals surface area contributed by atoms with Gasteiger partial charge >= 0.3 is 5.63 Å². The smallest absolute Gasteiger partial charge is 0.345 e. The lowest BCUT2D eigenvalue weighted by molar-refractivity contribution is 0.0628. The third kappa shape index (κ3) is 2.86. The topological polar surface area (TPSA) is 50.5 Å². The van der Waals surface area contributed by atoms with E-state index in [1.807, 2.05) is 30.0 Å². The number of aryl methyl sites for hydroxylation is 1. The molecule has 3 aromatic rings. The Bertz CT molecular complexity index is 1020. The summed E-state index contributed by atoms with van der Waals surface area (Å²) in [6.07, 6.45) is 1.16. The first-order chi connectivity index (χ1) is 11.9. The monoisotopic (exact) mass is 355 g/mol. The number of carbonyl (C=O) groups excluding carboxylic acids is 1. The lowest BCUT2D eigenvalue weighted by atomic mass is 9.92. The van der Waals surface area contributed by atoms with Crippen LogP contribution in [0.2, 0.25) is 0 Å². The number of amides is 1. The van der Waals surface area contributed by atoms with Gasteiger partial charge in [-0.3, -0.25) is 4.79 Å². The molecule has 1 fully saturated rings. The van der Waals surface area contributed by atoms with Gasteiger partial charge in [-0.2, -0.15) is 0 Å². The van der Waals surface area contributed by atoms with Crippen molar-refractivity contribution in [3.63, 3.8) is 0 Å². The predicted octanol–water partition coefficient (Wildman–Crippen LogP) is 4.43. The Morgan fingerprint density at radius 3 is 2.60 bits per heavy atom. The van der Waals surface area contributed by atoms with Crippen LogP contribution in [0, 0.1) is 18.8 Å². The van der Waals surface area contributed by atoms with Crippen LogP contribution in [0.15, 0.2) is 33.5 Å². The van der Waals surface area contributed by atoms with Gasteiger partial charge in [0.2, 0.25) is 0 Å². The SMILES string of the molecule is Cc1ccc2oc(=O)c3cc(C(=O)N4C[C@@H](C)C[C@H](C)C4)sc3c2c1. The highest BCUT2D eigenvalue weighted by Gasteiger charge is 2.27. The zero-order valence-corrected chi connectivity index (χ0v) is 15.5. The maximum Gasteiger partial charge on any atom is 0.345 e. The first-order valence-corrected chi connectivity index (χ1v) is 9.50. The highest BCUT2D eigenvalue weighted by atomic mass is 32.1. The number of hydrogen-bond donors (Lipinski definition) is 0. The van der Waals surface area contributed by atoms with Crippen LogP contribution in [0.5, 0.6) is 0 Å². The highest BCUT2D eigenvalue weighted by molar-refractivity contribution is 7.21. The van der Waals surface area contributed by atoms with Crippen molar-refractivity contribution in [2.75, 3.05) is 13.1 Å². The fraction of sp³-hybridized carbons (Fsp3) is 0.400. The summed E-state index contributed by atoms with van der Waals surface area (Å²) in [4.78, 5) is 27.8. The van der Waals surface area contributed by atoms with Gasteiger partial charge in [0.05, 0.1) is 15.0 Å². The lowest BCUT2D eigenvalue weighted by Gasteiger charge is -2.34. The van der Waals surface area contributed by atoms with Crippen molar-refractivity contribution in [2.45, 2.75) is 27.2 Å². The van der Waals surface area contributed by atoms with E-state index >= 15 is 0 Å². The normalized spacial score (nSPS) is 21.2. The maximum atomic E-state index is 13.0. The number of hydrogen-bond acceptors (Lipinski definition) is 4. The van der Waals surface area contributed by atoms with Crippen LogP contribution in [0.4, 0.5) is 0 Å². The molecular weight excluding hydrogens is 334 g/mol. The third-order valence-electron chi connectivity index (χ3n) is 4.90. The quantitative estimate of drug-likeness (QED) is 0.607. The summed E-state index contributed by atoms with van der Waals surface area (Å²) >= 11 is 1.40. The van der Waals surface area contributed by atoms with Crippen LogP contribution < -0.4 is 5.63 Å². The molecule has 5 heteroatoms. The molecular formula is C20H21NO3S. The Balaban J connectivity index is 1.82. The molecule has 25 heavy (non-hydrogen) atoms. The van der Waals surface area contributed by atoms with Crippen LogP contribution in [0.25, 0.3) is 21.1 Å². The molecule has 0 bridgehead atoms. The Labute approximate surface area is 150 Å². The molecule has 4 rings (SSSR count). The van der Waals surface area contributed by atoms with Crippen molar-refractivity contribution in [3.05, 3.63) is 45.1 Å². The number of nitrogens with zero attached hydrogens (tertiary/aromatic N) is 1. The summed E-state index contributed by atoms with van der Waals surface area (Å²) in [5, 5.41) is 1.41. The standard InChI is InChI=1S/C20H21NO3S/c1-11-4-5-16-14(7-11)18-15(20(23)24-16)8-17(25-18)19(22)21-9-12(2)6-13(3)10-21/h4-5,7-8,12-13H,6,9-10H2,1-3H3/t12-,13-/m0/s1. The van der Waals surface area contributed by atoms with E-state index in [4.69, 9.17) is 4.42 Å². The highest BCUT2D eigenvalue weighted by Crippen LogP contribution is 2.32. The molecule has 1 saturated heterocycles. The average molecular weight is 355 g/mol. The third-order valence-corrected chi connectivity index (χ3v) is 6.06. The van der Waals surface area contributed by atoms with Crippen molar-refractivity contribution in [2.24, 2.45) is 11.8 Å². The number of thiophene rings is 1. The van der Waals surface area contributed by atoms with E-state index in [-0.39, 0.29) is 11.5 Å². The molecule has 0 saturated carbocycles. The molecule has 1 amide bonds. The van der Waals surface area contributed by atoms with Crippen molar-refractivity contribution in [3.8, 4) is 0 Å². The van der Waals surface area contributed by atoms with E-state index in [1.165, 1.54) is 11.3 Å². The number of rotatable bonds is 1. The largest absolute Gasteiger partial charge is 0.422 e. The summed E-state index contributed by atoms with van der Waals surface area (Å²) in [7, 11) is 0. The molecule has 1 aliphatic rings. The van der Waals surface area contributed by atoms with Gasteiger partial charge in [0.1, 0.15) is 5.58 Å². The van der Waals surface area contributed by atoms with Crippen LogP contribution in [-0.2, 0) is 0 Å². The van der Waals surface area contributed by atoms with Gasteiger partial charge in [-0.25, -0.2) is 4.79 Å². The number of fused-ring (bicyclic) bond motifs is 3. The zero-order valence-electron chi connectivity index (χ0n) is 14.7. The van der Waals surface area contributed by atoms with Crippen LogP contribution in [0.3, 0.4) is 0 Å². The molecule has 4 nitrogen and oxygen atoms in total. The van der Waals surface area contributed by atoms with Gasteiger partial charge in [0, 0.05) is 18.5 Å². The second-order valence-corrected chi connectivity index (χ2v) is 8.45. The van der Waals surface area contributed by atoms with Crippen LogP contribution >= 0.6 is 11.3 Å². The summed E-state index contributed by atoms with van der Waals surface area (Å²) in [5.74, 6) is 1.05. The maximum absolute atomic E-state index is 13.0. The average Bonchev–Trinajstić information content (AvgIpc) is 3.00. The molecule has 0 spiro atoms. The molecule has 130 valence electrons. The van der Waals surface area contributed by atoms with Gasteiger partial charge in [-0.1, -0.05) is 25.5 Å².